The number of likely N-dealkylation sites (tertiary alicyclic amines) is 1. The minimum absolute atomic E-state index is 0.115. The average Bonchev–Trinajstić information content (AvgIpc) is 2.72. The van der Waals surface area contributed by atoms with Gasteiger partial charge in [0.05, 0.1) is 12.1 Å². The lowest BCUT2D eigenvalue weighted by molar-refractivity contribution is -0.253. The molecule has 7 heteroatoms. The summed E-state index contributed by atoms with van der Waals surface area (Å²) >= 11 is 3.18. The van der Waals surface area contributed by atoms with Crippen molar-refractivity contribution in [3.8, 4) is 0 Å². The molecule has 2 rings (SSSR count). The third-order valence-electron chi connectivity index (χ3n) is 3.17. The smallest absolute Gasteiger partial charge is 0.379 e. The van der Waals surface area contributed by atoms with E-state index in [0.717, 1.165) is 4.90 Å². The van der Waals surface area contributed by atoms with Crippen molar-refractivity contribution in [1.82, 2.24) is 4.90 Å². The normalized spacial score (nSPS) is 23.7. The number of nitrogens with zero attached hydrogens (tertiary/aromatic N) is 1. The molecular weight excluding hydrogens is 327 g/mol. The first-order chi connectivity index (χ1) is 8.74. The zero-order chi connectivity index (χ0) is 14.3. The van der Waals surface area contributed by atoms with Crippen molar-refractivity contribution in [3.05, 3.63) is 34.3 Å². The molecule has 19 heavy (non-hydrogen) atoms. The van der Waals surface area contributed by atoms with Gasteiger partial charge in [0.25, 0.3) is 5.91 Å². The van der Waals surface area contributed by atoms with Crippen LogP contribution in [0.25, 0.3) is 0 Å². The Labute approximate surface area is 116 Å². The van der Waals surface area contributed by atoms with Crippen molar-refractivity contribution in [2.24, 2.45) is 0 Å². The Morgan fingerprint density at radius 3 is 2.53 bits per heavy atom. The fourth-order valence-electron chi connectivity index (χ4n) is 2.00. The van der Waals surface area contributed by atoms with Gasteiger partial charge in [0, 0.05) is 17.4 Å². The molecule has 1 aromatic rings. The second-order valence-corrected chi connectivity index (χ2v) is 5.34. The van der Waals surface area contributed by atoms with Gasteiger partial charge in [-0.25, -0.2) is 0 Å². The second kappa shape index (κ2) is 4.79. The van der Waals surface area contributed by atoms with Gasteiger partial charge in [-0.3, -0.25) is 4.79 Å². The summed E-state index contributed by atoms with van der Waals surface area (Å²) in [5.41, 5.74) is -2.52. The van der Waals surface area contributed by atoms with Crippen LogP contribution in [0.3, 0.4) is 0 Å². The van der Waals surface area contributed by atoms with Crippen molar-refractivity contribution in [2.45, 2.75) is 18.2 Å². The van der Waals surface area contributed by atoms with Crippen molar-refractivity contribution in [3.63, 3.8) is 0 Å². The molecule has 1 aliphatic rings. The fourth-order valence-corrected chi connectivity index (χ4v) is 2.46. The first kappa shape index (κ1) is 14.3. The number of amides is 1. The number of rotatable bonds is 1. The zero-order valence-corrected chi connectivity index (χ0v) is 11.3. The summed E-state index contributed by atoms with van der Waals surface area (Å²) in [6.07, 6.45) is -5.22. The molecule has 0 radical (unpaired) electrons. The minimum Gasteiger partial charge on any atom is -0.379 e. The van der Waals surface area contributed by atoms with E-state index in [9.17, 15) is 23.1 Å². The number of aliphatic hydroxyl groups is 1. The van der Waals surface area contributed by atoms with Crippen molar-refractivity contribution < 1.29 is 23.1 Å². The van der Waals surface area contributed by atoms with E-state index in [-0.39, 0.29) is 12.1 Å². The quantitative estimate of drug-likeness (QED) is 0.855. The number of hydrogen-bond acceptors (Lipinski definition) is 2. The third-order valence-corrected chi connectivity index (χ3v) is 3.86. The molecule has 0 aliphatic carbocycles. The SMILES string of the molecule is O=C(c1ccccc1Br)N1CCC(O)(C(F)(F)F)C1. The van der Waals surface area contributed by atoms with Crippen LogP contribution in [-0.2, 0) is 0 Å². The summed E-state index contributed by atoms with van der Waals surface area (Å²) in [7, 11) is 0. The largest absolute Gasteiger partial charge is 0.419 e. The van der Waals surface area contributed by atoms with Crippen LogP contribution in [0.2, 0.25) is 0 Å². The lowest BCUT2D eigenvalue weighted by Gasteiger charge is -2.26. The highest BCUT2D eigenvalue weighted by Gasteiger charge is 2.57. The highest BCUT2D eigenvalue weighted by atomic mass is 79.9. The number of benzene rings is 1. The third kappa shape index (κ3) is 2.62. The van der Waals surface area contributed by atoms with Crippen LogP contribution in [0.1, 0.15) is 16.8 Å². The summed E-state index contributed by atoms with van der Waals surface area (Å²) in [5, 5.41) is 9.53. The van der Waals surface area contributed by atoms with Gasteiger partial charge in [-0.05, 0) is 28.1 Å². The first-order valence-corrected chi connectivity index (χ1v) is 6.37. The lowest BCUT2D eigenvalue weighted by Crippen LogP contribution is -2.48. The molecule has 1 aromatic carbocycles. The number of hydrogen-bond donors (Lipinski definition) is 1. The van der Waals surface area contributed by atoms with E-state index in [2.05, 4.69) is 15.9 Å². The lowest BCUT2D eigenvalue weighted by atomic mass is 10.0. The molecule has 0 spiro atoms. The van der Waals surface area contributed by atoms with Gasteiger partial charge < -0.3 is 10.0 Å². The predicted octanol–water partition coefficient (Wildman–Crippen LogP) is 2.59. The highest BCUT2D eigenvalue weighted by Crippen LogP contribution is 2.38. The topological polar surface area (TPSA) is 40.5 Å². The van der Waals surface area contributed by atoms with Crippen molar-refractivity contribution in [2.75, 3.05) is 13.1 Å². The van der Waals surface area contributed by atoms with Crippen molar-refractivity contribution >= 4 is 21.8 Å². The van der Waals surface area contributed by atoms with Crippen LogP contribution in [-0.4, -0.2) is 40.8 Å². The van der Waals surface area contributed by atoms with Gasteiger partial charge in [-0.2, -0.15) is 13.2 Å². The Hall–Kier alpha value is -1.08. The van der Waals surface area contributed by atoms with Crippen LogP contribution in [0.4, 0.5) is 13.2 Å². The van der Waals surface area contributed by atoms with E-state index in [1.807, 2.05) is 0 Å². The van der Waals surface area contributed by atoms with Crippen molar-refractivity contribution in [1.29, 1.82) is 0 Å². The Morgan fingerprint density at radius 2 is 2.00 bits per heavy atom. The van der Waals surface area contributed by atoms with Crippen LogP contribution in [0.15, 0.2) is 28.7 Å². The monoisotopic (exact) mass is 337 g/mol. The molecule has 1 N–H and O–H groups in total. The second-order valence-electron chi connectivity index (χ2n) is 4.49. The van der Waals surface area contributed by atoms with E-state index in [0.29, 0.717) is 4.47 Å². The molecule has 3 nitrogen and oxygen atoms in total. The van der Waals surface area contributed by atoms with Gasteiger partial charge in [0.2, 0.25) is 0 Å². The van der Waals surface area contributed by atoms with Gasteiger partial charge in [-0.15, -0.1) is 0 Å². The molecule has 104 valence electrons. The molecule has 1 atom stereocenters. The maximum atomic E-state index is 12.7. The summed E-state index contributed by atoms with van der Waals surface area (Å²) in [6.45, 7) is -0.840. The molecule has 1 fully saturated rings. The highest BCUT2D eigenvalue weighted by molar-refractivity contribution is 9.10. The molecular formula is C12H11BrF3NO2. The zero-order valence-electron chi connectivity index (χ0n) is 9.75. The molecule has 0 bridgehead atoms. The molecule has 1 amide bonds. The summed E-state index contributed by atoms with van der Waals surface area (Å²) in [6, 6.07) is 6.50. The molecule has 1 saturated heterocycles. The van der Waals surface area contributed by atoms with Gasteiger partial charge in [0.15, 0.2) is 5.60 Å². The number of alkyl halides is 3. The van der Waals surface area contributed by atoms with Crippen LogP contribution >= 0.6 is 15.9 Å². The average molecular weight is 338 g/mol. The van der Waals surface area contributed by atoms with Gasteiger partial charge in [-0.1, -0.05) is 12.1 Å². The van der Waals surface area contributed by atoms with Crippen LogP contribution in [0.5, 0.6) is 0 Å². The number of β-amino-alcohol motifs (C(OH)–C–C–N with tert-alkyl or cyclic N) is 1. The standard InChI is InChI=1S/C12H11BrF3NO2/c13-9-4-2-1-3-8(9)10(18)17-6-5-11(19,7-17)12(14,15)16/h1-4,19H,5-7H2. The molecule has 1 unspecified atom stereocenters. The molecule has 1 aliphatic heterocycles. The first-order valence-electron chi connectivity index (χ1n) is 5.57. The van der Waals surface area contributed by atoms with E-state index in [4.69, 9.17) is 0 Å². The van der Waals surface area contributed by atoms with E-state index >= 15 is 0 Å². The van der Waals surface area contributed by atoms with Crippen LogP contribution in [0, 0.1) is 0 Å². The molecule has 0 saturated carbocycles. The minimum atomic E-state index is -4.73. The maximum absolute atomic E-state index is 12.7. The van der Waals surface area contributed by atoms with Gasteiger partial charge in [0.1, 0.15) is 0 Å². The number of halogens is 4. The Kier molecular flexibility index (Phi) is 3.61. The Balaban J connectivity index is 2.18. The van der Waals surface area contributed by atoms with Gasteiger partial charge >= 0.3 is 6.18 Å². The Morgan fingerprint density at radius 1 is 1.37 bits per heavy atom. The van der Waals surface area contributed by atoms with Crippen LogP contribution < -0.4 is 0 Å². The molecule has 1 heterocycles. The number of carbonyl (C=O) groups is 1. The van der Waals surface area contributed by atoms with E-state index in [1.165, 1.54) is 6.07 Å². The Bertz CT molecular complexity index is 506. The maximum Gasteiger partial charge on any atom is 0.419 e. The summed E-state index contributed by atoms with van der Waals surface area (Å²) in [5.74, 6) is -0.521. The molecule has 0 aromatic heterocycles. The fraction of sp³-hybridized carbons (Fsp3) is 0.417. The van der Waals surface area contributed by atoms with E-state index < -0.39 is 30.7 Å². The summed E-state index contributed by atoms with van der Waals surface area (Å²) in [4.78, 5) is 13.1. The predicted molar refractivity (Wildman–Crippen MR) is 65.7 cm³/mol. The number of carbonyl (C=O) groups excluding carboxylic acids is 1. The van der Waals surface area contributed by atoms with E-state index in [1.54, 1.807) is 18.2 Å². The summed E-state index contributed by atoms with van der Waals surface area (Å²) < 4.78 is 38.5.